The van der Waals surface area contributed by atoms with Gasteiger partial charge in [0.1, 0.15) is 0 Å². The molecule has 20 heavy (non-hydrogen) atoms. The van der Waals surface area contributed by atoms with Crippen LogP contribution in [0, 0.1) is 12.8 Å². The van der Waals surface area contributed by atoms with Crippen molar-refractivity contribution in [3.8, 4) is 0 Å². The minimum absolute atomic E-state index is 0.270. The van der Waals surface area contributed by atoms with Crippen LogP contribution in [-0.4, -0.2) is 37.3 Å². The topological polar surface area (TPSA) is 88.3 Å². The molecule has 0 atom stereocenters. The number of nitrogens with two attached hydrogens (primary N) is 1. The van der Waals surface area contributed by atoms with Crippen molar-refractivity contribution in [2.45, 2.75) is 26.3 Å². The lowest BCUT2D eigenvalue weighted by Crippen LogP contribution is -2.45. The van der Waals surface area contributed by atoms with Gasteiger partial charge in [-0.05, 0) is 43.9 Å². The second-order valence-electron chi connectivity index (χ2n) is 5.21. The van der Waals surface area contributed by atoms with Crippen molar-refractivity contribution in [2.24, 2.45) is 11.7 Å². The third-order valence-corrected chi connectivity index (χ3v) is 5.23. The van der Waals surface area contributed by atoms with Crippen molar-refractivity contribution >= 4 is 10.2 Å². The highest BCUT2D eigenvalue weighted by atomic mass is 32.2. The number of nitrogens with zero attached hydrogens (tertiary/aromatic N) is 2. The van der Waals surface area contributed by atoms with Gasteiger partial charge in [-0.3, -0.25) is 4.98 Å². The zero-order chi connectivity index (χ0) is 14.6. The van der Waals surface area contributed by atoms with Crippen LogP contribution < -0.4 is 10.5 Å². The predicted molar refractivity (Wildman–Crippen MR) is 78.1 cm³/mol. The first-order valence-corrected chi connectivity index (χ1v) is 8.31. The summed E-state index contributed by atoms with van der Waals surface area (Å²) in [5, 5.41) is 0. The molecule has 112 valence electrons. The summed E-state index contributed by atoms with van der Waals surface area (Å²) in [6.45, 7) is 3.89. The van der Waals surface area contributed by atoms with E-state index in [0.717, 1.165) is 24.1 Å². The summed E-state index contributed by atoms with van der Waals surface area (Å²) < 4.78 is 28.5. The number of hydrogen-bond acceptors (Lipinski definition) is 4. The van der Waals surface area contributed by atoms with E-state index in [1.807, 2.05) is 19.1 Å². The molecule has 1 saturated heterocycles. The molecule has 2 rings (SSSR count). The first kappa shape index (κ1) is 15.4. The monoisotopic (exact) mass is 298 g/mol. The summed E-state index contributed by atoms with van der Waals surface area (Å²) >= 11 is 0. The second kappa shape index (κ2) is 6.62. The van der Waals surface area contributed by atoms with Crippen LogP contribution in [0.4, 0.5) is 0 Å². The van der Waals surface area contributed by atoms with Crippen molar-refractivity contribution in [3.05, 3.63) is 29.6 Å². The Morgan fingerprint density at radius 3 is 2.65 bits per heavy atom. The van der Waals surface area contributed by atoms with Crippen LogP contribution >= 0.6 is 0 Å². The van der Waals surface area contributed by atoms with Crippen molar-refractivity contribution < 1.29 is 8.42 Å². The maximum absolute atomic E-state index is 12.2. The Hall–Kier alpha value is -1.02. The van der Waals surface area contributed by atoms with Gasteiger partial charge in [-0.1, -0.05) is 6.07 Å². The Balaban J connectivity index is 1.89. The summed E-state index contributed by atoms with van der Waals surface area (Å²) in [6, 6.07) is 3.75. The zero-order valence-electron chi connectivity index (χ0n) is 11.7. The summed E-state index contributed by atoms with van der Waals surface area (Å²) in [6.07, 6.45) is 3.37. The summed E-state index contributed by atoms with van der Waals surface area (Å²) in [5.74, 6) is 0.447. The lowest BCUT2D eigenvalue weighted by Gasteiger charge is -2.30. The number of pyridine rings is 1. The molecular formula is C13H22N4O2S. The van der Waals surface area contributed by atoms with Crippen molar-refractivity contribution in [3.63, 3.8) is 0 Å². The fourth-order valence-electron chi connectivity index (χ4n) is 2.25. The highest BCUT2D eigenvalue weighted by molar-refractivity contribution is 7.87. The van der Waals surface area contributed by atoms with Gasteiger partial charge in [0.15, 0.2) is 0 Å². The average molecular weight is 298 g/mol. The summed E-state index contributed by atoms with van der Waals surface area (Å²) in [5.41, 5.74) is 7.39. The molecule has 1 aliphatic heterocycles. The number of aromatic nitrogens is 1. The number of rotatable bonds is 5. The lowest BCUT2D eigenvalue weighted by molar-refractivity contribution is 0.275. The molecule has 7 heteroatoms. The minimum atomic E-state index is -3.41. The van der Waals surface area contributed by atoms with Crippen LogP contribution in [0.5, 0.6) is 0 Å². The van der Waals surface area contributed by atoms with E-state index < -0.39 is 10.2 Å². The summed E-state index contributed by atoms with van der Waals surface area (Å²) in [7, 11) is -3.41. The van der Waals surface area contributed by atoms with Gasteiger partial charge in [-0.25, -0.2) is 0 Å². The summed E-state index contributed by atoms with van der Waals surface area (Å²) in [4.78, 5) is 4.15. The largest absolute Gasteiger partial charge is 0.330 e. The fourth-order valence-corrected chi connectivity index (χ4v) is 3.48. The van der Waals surface area contributed by atoms with E-state index in [-0.39, 0.29) is 6.54 Å². The smallest absolute Gasteiger partial charge is 0.279 e. The van der Waals surface area contributed by atoms with Crippen LogP contribution in [0.2, 0.25) is 0 Å². The molecule has 0 spiro atoms. The molecule has 0 radical (unpaired) electrons. The van der Waals surface area contributed by atoms with Gasteiger partial charge < -0.3 is 5.73 Å². The van der Waals surface area contributed by atoms with Gasteiger partial charge in [0.25, 0.3) is 10.2 Å². The Morgan fingerprint density at radius 2 is 2.10 bits per heavy atom. The molecule has 0 aliphatic carbocycles. The number of aryl methyl sites for hydroxylation is 1. The third kappa shape index (κ3) is 3.99. The minimum Gasteiger partial charge on any atom is -0.330 e. The van der Waals surface area contributed by atoms with Crippen LogP contribution in [0.3, 0.4) is 0 Å². The molecular weight excluding hydrogens is 276 g/mol. The first-order valence-electron chi connectivity index (χ1n) is 6.87. The molecule has 0 aromatic carbocycles. The van der Waals surface area contributed by atoms with E-state index in [9.17, 15) is 8.42 Å². The molecule has 1 aliphatic rings. The van der Waals surface area contributed by atoms with E-state index in [1.165, 1.54) is 4.31 Å². The second-order valence-corrected chi connectivity index (χ2v) is 6.97. The Bertz CT molecular complexity index is 522. The van der Waals surface area contributed by atoms with Gasteiger partial charge in [-0.15, -0.1) is 0 Å². The maximum Gasteiger partial charge on any atom is 0.279 e. The van der Waals surface area contributed by atoms with Crippen molar-refractivity contribution in [1.29, 1.82) is 0 Å². The number of nitrogens with one attached hydrogen (secondary N) is 1. The van der Waals surface area contributed by atoms with Crippen molar-refractivity contribution in [2.75, 3.05) is 19.6 Å². The lowest BCUT2D eigenvalue weighted by atomic mass is 9.99. The molecule has 0 unspecified atom stereocenters. The first-order chi connectivity index (χ1) is 9.51. The van der Waals surface area contributed by atoms with Crippen molar-refractivity contribution in [1.82, 2.24) is 14.0 Å². The third-order valence-electron chi connectivity index (χ3n) is 3.68. The van der Waals surface area contributed by atoms with Gasteiger partial charge in [0.05, 0.1) is 0 Å². The SMILES string of the molecule is Cc1ccc(CNS(=O)(=O)N2CCC(CN)CC2)cn1. The van der Waals surface area contributed by atoms with Crippen LogP contribution in [0.25, 0.3) is 0 Å². The zero-order valence-corrected chi connectivity index (χ0v) is 12.6. The van der Waals surface area contributed by atoms with E-state index in [2.05, 4.69) is 9.71 Å². The van der Waals surface area contributed by atoms with E-state index >= 15 is 0 Å². The maximum atomic E-state index is 12.2. The fraction of sp³-hybridized carbons (Fsp3) is 0.615. The molecule has 0 bridgehead atoms. The van der Waals surface area contributed by atoms with Gasteiger partial charge >= 0.3 is 0 Å². The Kier molecular flexibility index (Phi) is 5.09. The molecule has 6 nitrogen and oxygen atoms in total. The predicted octanol–water partition coefficient (Wildman–Crippen LogP) is 0.395. The number of piperidine rings is 1. The van der Waals surface area contributed by atoms with Gasteiger partial charge in [0.2, 0.25) is 0 Å². The highest BCUT2D eigenvalue weighted by Crippen LogP contribution is 2.17. The van der Waals surface area contributed by atoms with Crippen LogP contribution in [0.15, 0.2) is 18.3 Å². The Labute approximate surface area is 120 Å². The average Bonchev–Trinajstić information content (AvgIpc) is 2.47. The molecule has 0 amide bonds. The normalized spacial score (nSPS) is 18.3. The number of hydrogen-bond donors (Lipinski definition) is 2. The molecule has 2 heterocycles. The van der Waals surface area contributed by atoms with Crippen LogP contribution in [-0.2, 0) is 16.8 Å². The van der Waals surface area contributed by atoms with E-state index in [4.69, 9.17) is 5.73 Å². The molecule has 1 fully saturated rings. The molecule has 1 aromatic rings. The molecule has 1 aromatic heterocycles. The van der Waals surface area contributed by atoms with Crippen LogP contribution in [0.1, 0.15) is 24.1 Å². The molecule has 3 N–H and O–H groups in total. The van der Waals surface area contributed by atoms with E-state index in [1.54, 1.807) is 6.20 Å². The van der Waals surface area contributed by atoms with Gasteiger partial charge in [0, 0.05) is 31.5 Å². The van der Waals surface area contributed by atoms with E-state index in [0.29, 0.717) is 25.6 Å². The highest BCUT2D eigenvalue weighted by Gasteiger charge is 2.26. The molecule has 0 saturated carbocycles. The van der Waals surface area contributed by atoms with Gasteiger partial charge in [-0.2, -0.15) is 17.4 Å². The standard InChI is InChI=1S/C13H22N4O2S/c1-11-2-3-13(9-15-11)10-16-20(18,19)17-6-4-12(8-14)5-7-17/h2-3,9,12,16H,4-8,10,14H2,1H3. The Morgan fingerprint density at radius 1 is 1.40 bits per heavy atom. The quantitative estimate of drug-likeness (QED) is 0.823.